The number of aliphatic hydroxyl groups excluding tert-OH is 1. The highest BCUT2D eigenvalue weighted by molar-refractivity contribution is 5.76. The van der Waals surface area contributed by atoms with Gasteiger partial charge in [0.15, 0.2) is 0 Å². The van der Waals surface area contributed by atoms with E-state index in [1.54, 1.807) is 0 Å². The highest BCUT2D eigenvalue weighted by atomic mass is 16.3. The van der Waals surface area contributed by atoms with Crippen LogP contribution < -0.4 is 5.32 Å². The largest absolute Gasteiger partial charge is 0.387 e. The molecule has 0 radical (unpaired) electrons. The average molecular weight is 172 g/mol. The fraction of sp³-hybridized carbons (Fsp3) is 0.875. The lowest BCUT2D eigenvalue weighted by Gasteiger charge is -2.14. The molecule has 1 saturated heterocycles. The summed E-state index contributed by atoms with van der Waals surface area (Å²) in [6.45, 7) is 3.45. The van der Waals surface area contributed by atoms with Crippen molar-refractivity contribution in [2.45, 2.75) is 12.8 Å². The predicted octanol–water partition coefficient (Wildman–Crippen LogP) is -0.809. The number of amides is 1. The van der Waals surface area contributed by atoms with E-state index in [-0.39, 0.29) is 5.91 Å². The third-order valence-electron chi connectivity index (χ3n) is 2.09. The Labute approximate surface area is 72.6 Å². The van der Waals surface area contributed by atoms with Crippen LogP contribution in [0.25, 0.3) is 0 Å². The van der Waals surface area contributed by atoms with Crippen LogP contribution >= 0.6 is 0 Å². The number of nitrogens with zero attached hydrogens (tertiary/aromatic N) is 1. The summed E-state index contributed by atoms with van der Waals surface area (Å²) in [4.78, 5) is 12.9. The Bertz CT molecular complexity index is 144. The van der Waals surface area contributed by atoms with Crippen molar-refractivity contribution < 1.29 is 9.90 Å². The number of rotatable bonds is 4. The molecule has 1 fully saturated rings. The van der Waals surface area contributed by atoms with Gasteiger partial charge in [-0.1, -0.05) is 0 Å². The lowest BCUT2D eigenvalue weighted by Crippen LogP contribution is -2.34. The van der Waals surface area contributed by atoms with Gasteiger partial charge in [0, 0.05) is 13.1 Å². The quantitative estimate of drug-likeness (QED) is 0.583. The van der Waals surface area contributed by atoms with E-state index < -0.39 is 6.61 Å². The topological polar surface area (TPSA) is 52.6 Å². The van der Waals surface area contributed by atoms with Crippen molar-refractivity contribution in [3.05, 3.63) is 0 Å². The van der Waals surface area contributed by atoms with Crippen LogP contribution in [0, 0.1) is 0 Å². The van der Waals surface area contributed by atoms with Gasteiger partial charge in [-0.05, 0) is 25.9 Å². The molecular formula is C8H16N2O2. The van der Waals surface area contributed by atoms with Gasteiger partial charge in [0.05, 0.1) is 0 Å². The molecule has 4 heteroatoms. The highest BCUT2D eigenvalue weighted by Crippen LogP contribution is 2.05. The van der Waals surface area contributed by atoms with Crippen molar-refractivity contribution in [2.24, 2.45) is 0 Å². The Morgan fingerprint density at radius 2 is 2.08 bits per heavy atom. The number of aliphatic hydroxyl groups is 1. The summed E-state index contributed by atoms with van der Waals surface area (Å²) >= 11 is 0. The van der Waals surface area contributed by atoms with E-state index in [1.165, 1.54) is 12.8 Å². The maximum absolute atomic E-state index is 10.6. The van der Waals surface area contributed by atoms with Gasteiger partial charge < -0.3 is 15.3 Å². The molecule has 0 spiro atoms. The minimum atomic E-state index is -0.403. The van der Waals surface area contributed by atoms with Crippen LogP contribution in [0.1, 0.15) is 12.8 Å². The Kier molecular flexibility index (Phi) is 4.04. The number of hydrogen-bond acceptors (Lipinski definition) is 3. The molecule has 0 aromatic rings. The zero-order valence-electron chi connectivity index (χ0n) is 7.25. The maximum atomic E-state index is 10.6. The summed E-state index contributed by atoms with van der Waals surface area (Å²) in [6.07, 6.45) is 2.54. The summed E-state index contributed by atoms with van der Waals surface area (Å²) in [7, 11) is 0. The fourth-order valence-electron chi connectivity index (χ4n) is 1.42. The smallest absolute Gasteiger partial charge is 0.245 e. The second-order valence-electron chi connectivity index (χ2n) is 3.06. The van der Waals surface area contributed by atoms with Crippen LogP contribution in [0.2, 0.25) is 0 Å². The van der Waals surface area contributed by atoms with E-state index in [4.69, 9.17) is 5.11 Å². The van der Waals surface area contributed by atoms with Crippen LogP contribution in [0.3, 0.4) is 0 Å². The Morgan fingerprint density at radius 3 is 2.67 bits per heavy atom. The molecular weight excluding hydrogens is 156 g/mol. The van der Waals surface area contributed by atoms with Gasteiger partial charge in [-0.25, -0.2) is 0 Å². The van der Waals surface area contributed by atoms with E-state index in [0.717, 1.165) is 19.6 Å². The first-order valence-electron chi connectivity index (χ1n) is 4.43. The molecule has 4 nitrogen and oxygen atoms in total. The van der Waals surface area contributed by atoms with Crippen molar-refractivity contribution in [1.82, 2.24) is 10.2 Å². The van der Waals surface area contributed by atoms with Gasteiger partial charge in [-0.15, -0.1) is 0 Å². The van der Waals surface area contributed by atoms with Gasteiger partial charge in [0.2, 0.25) is 5.91 Å². The Morgan fingerprint density at radius 1 is 1.42 bits per heavy atom. The summed E-state index contributed by atoms with van der Waals surface area (Å²) in [6, 6.07) is 0. The molecule has 1 amide bonds. The van der Waals surface area contributed by atoms with Crippen LogP contribution in [-0.4, -0.2) is 48.7 Å². The van der Waals surface area contributed by atoms with E-state index >= 15 is 0 Å². The maximum Gasteiger partial charge on any atom is 0.245 e. The normalized spacial score (nSPS) is 18.1. The fourth-order valence-corrected chi connectivity index (χ4v) is 1.42. The minimum Gasteiger partial charge on any atom is -0.387 e. The molecule has 0 bridgehead atoms. The number of nitrogens with one attached hydrogen (secondary N) is 1. The molecule has 12 heavy (non-hydrogen) atoms. The first kappa shape index (κ1) is 9.48. The molecule has 0 aliphatic carbocycles. The first-order valence-corrected chi connectivity index (χ1v) is 4.43. The van der Waals surface area contributed by atoms with Crippen LogP contribution in [0.5, 0.6) is 0 Å². The molecule has 0 aromatic carbocycles. The lowest BCUT2D eigenvalue weighted by molar-refractivity contribution is -0.123. The van der Waals surface area contributed by atoms with Crippen molar-refractivity contribution in [2.75, 3.05) is 32.8 Å². The van der Waals surface area contributed by atoms with E-state index in [2.05, 4.69) is 10.2 Å². The Hall–Kier alpha value is -0.610. The van der Waals surface area contributed by atoms with Crippen molar-refractivity contribution in [3.8, 4) is 0 Å². The van der Waals surface area contributed by atoms with E-state index in [0.29, 0.717) is 6.54 Å². The number of carbonyl (C=O) groups excluding carboxylic acids is 1. The summed E-state index contributed by atoms with van der Waals surface area (Å²) < 4.78 is 0. The molecule has 0 unspecified atom stereocenters. The number of likely N-dealkylation sites (tertiary alicyclic amines) is 1. The highest BCUT2D eigenvalue weighted by Gasteiger charge is 2.10. The van der Waals surface area contributed by atoms with Crippen molar-refractivity contribution in [3.63, 3.8) is 0 Å². The average Bonchev–Trinajstić information content (AvgIpc) is 2.57. The first-order chi connectivity index (χ1) is 5.83. The molecule has 1 aliphatic rings. The van der Waals surface area contributed by atoms with Gasteiger partial charge in [0.25, 0.3) is 0 Å². The second-order valence-corrected chi connectivity index (χ2v) is 3.06. The number of carbonyl (C=O) groups is 1. The zero-order chi connectivity index (χ0) is 8.81. The number of hydrogen-bond donors (Lipinski definition) is 2. The van der Waals surface area contributed by atoms with E-state index in [9.17, 15) is 4.79 Å². The van der Waals surface area contributed by atoms with Crippen LogP contribution in [-0.2, 0) is 4.79 Å². The van der Waals surface area contributed by atoms with Crippen molar-refractivity contribution >= 4 is 5.91 Å². The summed E-state index contributed by atoms with van der Waals surface area (Å²) in [5.74, 6) is -0.283. The molecule has 0 atom stereocenters. The van der Waals surface area contributed by atoms with Gasteiger partial charge in [-0.2, -0.15) is 0 Å². The minimum absolute atomic E-state index is 0.283. The van der Waals surface area contributed by atoms with Gasteiger partial charge in [0.1, 0.15) is 6.61 Å². The third kappa shape index (κ3) is 3.19. The van der Waals surface area contributed by atoms with Gasteiger partial charge in [-0.3, -0.25) is 4.79 Å². The van der Waals surface area contributed by atoms with Gasteiger partial charge >= 0.3 is 0 Å². The van der Waals surface area contributed by atoms with E-state index in [1.807, 2.05) is 0 Å². The standard InChI is InChI=1S/C8H16N2O2/c11-7-8(12)9-3-6-10-4-1-2-5-10/h11H,1-7H2,(H,9,12). The molecule has 70 valence electrons. The molecule has 1 rings (SSSR count). The monoisotopic (exact) mass is 172 g/mol. The summed E-state index contributed by atoms with van der Waals surface area (Å²) in [5.41, 5.74) is 0. The molecule has 0 aromatic heterocycles. The second kappa shape index (κ2) is 5.11. The lowest BCUT2D eigenvalue weighted by atomic mass is 10.4. The molecule has 0 saturated carbocycles. The molecule has 1 heterocycles. The Balaban J connectivity index is 1.97. The van der Waals surface area contributed by atoms with Crippen LogP contribution in [0.15, 0.2) is 0 Å². The third-order valence-corrected chi connectivity index (χ3v) is 2.09. The van der Waals surface area contributed by atoms with Crippen molar-refractivity contribution in [1.29, 1.82) is 0 Å². The summed E-state index contributed by atoms with van der Waals surface area (Å²) in [5, 5.41) is 11.0. The zero-order valence-corrected chi connectivity index (χ0v) is 7.25. The molecule has 2 N–H and O–H groups in total. The SMILES string of the molecule is O=C(CO)NCCN1CCCC1. The van der Waals surface area contributed by atoms with Crippen LogP contribution in [0.4, 0.5) is 0 Å². The predicted molar refractivity (Wildman–Crippen MR) is 45.8 cm³/mol. The molecule has 1 aliphatic heterocycles.